The molecule has 0 atom stereocenters. The van der Waals surface area contributed by atoms with Gasteiger partial charge in [0.25, 0.3) is 5.91 Å². The predicted octanol–water partition coefficient (Wildman–Crippen LogP) is 2.48. The van der Waals surface area contributed by atoms with Gasteiger partial charge in [-0.15, -0.1) is 11.3 Å². The first-order valence-electron chi connectivity index (χ1n) is 9.73. The number of carbonyl (C=O) groups excluding carboxylic acids is 2. The van der Waals surface area contributed by atoms with Crippen LogP contribution < -0.4 is 10.6 Å². The number of benzene rings is 1. The van der Waals surface area contributed by atoms with Crippen LogP contribution in [0.1, 0.15) is 39.9 Å². The molecular formula is C20H25N3O5S2. The van der Waals surface area contributed by atoms with E-state index in [4.69, 9.17) is 0 Å². The van der Waals surface area contributed by atoms with E-state index < -0.39 is 15.9 Å². The predicted molar refractivity (Wildman–Crippen MR) is 115 cm³/mol. The number of anilines is 1. The van der Waals surface area contributed by atoms with Crippen LogP contribution in [0.2, 0.25) is 0 Å². The number of nitrogens with one attached hydrogen (secondary N) is 2. The van der Waals surface area contributed by atoms with E-state index in [2.05, 4.69) is 10.6 Å². The minimum Gasteiger partial charge on any atom is -0.506 e. The summed E-state index contributed by atoms with van der Waals surface area (Å²) in [6, 6.07) is 5.57. The van der Waals surface area contributed by atoms with E-state index in [1.807, 2.05) is 13.8 Å². The van der Waals surface area contributed by atoms with Gasteiger partial charge in [0.05, 0.1) is 22.0 Å². The molecule has 1 fully saturated rings. The Kier molecular flexibility index (Phi) is 6.79. The first-order valence-corrected chi connectivity index (χ1v) is 12.0. The number of sulfonamides is 1. The van der Waals surface area contributed by atoms with Gasteiger partial charge in [0, 0.05) is 18.0 Å². The SMILES string of the molecule is CCc1sc(C(=O)NCC(=O)Nc2cc(S(=O)(=O)N3CCCC3)ccc2O)cc1C. The van der Waals surface area contributed by atoms with Crippen molar-refractivity contribution in [3.05, 3.63) is 39.6 Å². The number of rotatable bonds is 7. The maximum atomic E-state index is 12.7. The zero-order valence-corrected chi connectivity index (χ0v) is 18.5. The van der Waals surface area contributed by atoms with E-state index in [-0.39, 0.29) is 28.8 Å². The highest BCUT2D eigenvalue weighted by atomic mass is 32.2. The van der Waals surface area contributed by atoms with Gasteiger partial charge in [-0.05, 0) is 56.0 Å². The van der Waals surface area contributed by atoms with Crippen LogP contribution in [-0.2, 0) is 21.2 Å². The number of phenols is 1. The lowest BCUT2D eigenvalue weighted by molar-refractivity contribution is -0.115. The Morgan fingerprint density at radius 2 is 1.90 bits per heavy atom. The fourth-order valence-corrected chi connectivity index (χ4v) is 5.85. The molecule has 2 amide bonds. The molecule has 2 aromatic rings. The molecule has 0 radical (unpaired) electrons. The molecule has 8 nitrogen and oxygen atoms in total. The van der Waals surface area contributed by atoms with Crippen LogP contribution in [0.5, 0.6) is 5.75 Å². The highest BCUT2D eigenvalue weighted by Gasteiger charge is 2.28. The molecule has 0 bridgehead atoms. The third-order valence-corrected chi connectivity index (χ3v) is 8.19. The molecule has 30 heavy (non-hydrogen) atoms. The highest BCUT2D eigenvalue weighted by Crippen LogP contribution is 2.29. The van der Waals surface area contributed by atoms with Gasteiger partial charge in [-0.1, -0.05) is 6.92 Å². The molecule has 1 aliphatic rings. The van der Waals surface area contributed by atoms with Gasteiger partial charge in [0.15, 0.2) is 0 Å². The minimum atomic E-state index is -3.68. The molecule has 0 aliphatic carbocycles. The van der Waals surface area contributed by atoms with Gasteiger partial charge >= 0.3 is 0 Å². The summed E-state index contributed by atoms with van der Waals surface area (Å²) < 4.78 is 26.8. The van der Waals surface area contributed by atoms with Crippen LogP contribution in [-0.4, -0.2) is 49.3 Å². The Hall–Kier alpha value is -2.43. The second-order valence-corrected chi connectivity index (χ2v) is 10.2. The topological polar surface area (TPSA) is 116 Å². The monoisotopic (exact) mass is 451 g/mol. The molecule has 3 rings (SSSR count). The zero-order chi connectivity index (χ0) is 21.9. The van der Waals surface area contributed by atoms with Crippen LogP contribution in [0.15, 0.2) is 29.2 Å². The summed E-state index contributed by atoms with van der Waals surface area (Å²) in [5, 5.41) is 15.0. The van der Waals surface area contributed by atoms with E-state index in [9.17, 15) is 23.1 Å². The summed E-state index contributed by atoms with van der Waals surface area (Å²) >= 11 is 1.39. The van der Waals surface area contributed by atoms with Crippen LogP contribution in [0.4, 0.5) is 5.69 Å². The second kappa shape index (κ2) is 9.15. The van der Waals surface area contributed by atoms with Crippen molar-refractivity contribution >= 4 is 38.9 Å². The summed E-state index contributed by atoms with van der Waals surface area (Å²) in [4.78, 5) is 26.2. The van der Waals surface area contributed by atoms with Crippen molar-refractivity contribution in [2.45, 2.75) is 38.0 Å². The van der Waals surface area contributed by atoms with Crippen molar-refractivity contribution in [3.8, 4) is 5.75 Å². The molecule has 0 unspecified atom stereocenters. The largest absolute Gasteiger partial charge is 0.506 e. The number of carbonyl (C=O) groups is 2. The molecule has 0 spiro atoms. The lowest BCUT2D eigenvalue weighted by atomic mass is 10.2. The van der Waals surface area contributed by atoms with Gasteiger partial charge in [-0.2, -0.15) is 4.31 Å². The van der Waals surface area contributed by atoms with Crippen molar-refractivity contribution < 1.29 is 23.1 Å². The number of aryl methyl sites for hydroxylation is 2. The number of hydrogen-bond acceptors (Lipinski definition) is 6. The molecule has 2 heterocycles. The van der Waals surface area contributed by atoms with E-state index in [0.29, 0.717) is 18.0 Å². The van der Waals surface area contributed by atoms with Gasteiger partial charge in [0.1, 0.15) is 5.75 Å². The smallest absolute Gasteiger partial charge is 0.261 e. The molecule has 3 N–H and O–H groups in total. The maximum absolute atomic E-state index is 12.7. The molecule has 162 valence electrons. The van der Waals surface area contributed by atoms with Gasteiger partial charge in [0.2, 0.25) is 15.9 Å². The zero-order valence-electron chi connectivity index (χ0n) is 16.9. The van der Waals surface area contributed by atoms with Crippen LogP contribution in [0.3, 0.4) is 0 Å². The fourth-order valence-electron chi connectivity index (χ4n) is 3.28. The highest BCUT2D eigenvalue weighted by molar-refractivity contribution is 7.89. The van der Waals surface area contributed by atoms with Crippen LogP contribution >= 0.6 is 11.3 Å². The number of phenolic OH excluding ortho intramolecular Hbond substituents is 1. The molecular weight excluding hydrogens is 426 g/mol. The maximum Gasteiger partial charge on any atom is 0.261 e. The lowest BCUT2D eigenvalue weighted by Gasteiger charge is -2.16. The Morgan fingerprint density at radius 3 is 2.53 bits per heavy atom. The average Bonchev–Trinajstić information content (AvgIpc) is 3.38. The Labute approximate surface area is 180 Å². The second-order valence-electron chi connectivity index (χ2n) is 7.09. The van der Waals surface area contributed by atoms with Crippen molar-refractivity contribution in [1.29, 1.82) is 0 Å². The van der Waals surface area contributed by atoms with E-state index in [1.54, 1.807) is 6.07 Å². The van der Waals surface area contributed by atoms with Gasteiger partial charge in [-0.3, -0.25) is 9.59 Å². The normalized spacial score (nSPS) is 14.6. The number of hydrogen-bond donors (Lipinski definition) is 3. The Balaban J connectivity index is 1.65. The van der Waals surface area contributed by atoms with Crippen molar-refractivity contribution in [1.82, 2.24) is 9.62 Å². The third kappa shape index (κ3) is 4.82. The van der Waals surface area contributed by atoms with Crippen LogP contribution in [0, 0.1) is 6.92 Å². The summed E-state index contributed by atoms with van der Waals surface area (Å²) in [5.41, 5.74) is 1.02. The molecule has 1 saturated heterocycles. The molecule has 10 heteroatoms. The van der Waals surface area contributed by atoms with E-state index in [0.717, 1.165) is 29.7 Å². The number of thiophene rings is 1. The molecule has 1 aliphatic heterocycles. The molecule has 0 saturated carbocycles. The summed E-state index contributed by atoms with van der Waals surface area (Å²) in [6.07, 6.45) is 2.45. The quantitative estimate of drug-likeness (QED) is 0.560. The Bertz CT molecular complexity index is 1060. The van der Waals surface area contributed by atoms with E-state index in [1.165, 1.54) is 33.8 Å². The molecule has 1 aromatic heterocycles. The van der Waals surface area contributed by atoms with E-state index >= 15 is 0 Å². The fraction of sp³-hybridized carbons (Fsp3) is 0.400. The van der Waals surface area contributed by atoms with Gasteiger partial charge in [-0.25, -0.2) is 8.42 Å². The lowest BCUT2D eigenvalue weighted by Crippen LogP contribution is -2.32. The van der Waals surface area contributed by atoms with Gasteiger partial charge < -0.3 is 15.7 Å². The summed E-state index contributed by atoms with van der Waals surface area (Å²) in [7, 11) is -3.68. The molecule has 1 aromatic carbocycles. The number of amides is 2. The minimum absolute atomic E-state index is 0.00249. The first-order chi connectivity index (χ1) is 14.2. The van der Waals surface area contributed by atoms with Crippen LogP contribution in [0.25, 0.3) is 0 Å². The van der Waals surface area contributed by atoms with Crippen molar-refractivity contribution in [2.75, 3.05) is 25.0 Å². The van der Waals surface area contributed by atoms with Crippen molar-refractivity contribution in [3.63, 3.8) is 0 Å². The Morgan fingerprint density at radius 1 is 1.20 bits per heavy atom. The third-order valence-electron chi connectivity index (χ3n) is 4.92. The summed E-state index contributed by atoms with van der Waals surface area (Å²) in [6.45, 7) is 4.56. The summed E-state index contributed by atoms with van der Waals surface area (Å²) in [5.74, 6) is -1.18. The average molecular weight is 452 g/mol. The standard InChI is InChI=1S/C20H25N3O5S2/c1-3-17-13(2)10-18(29-17)20(26)21-12-19(25)22-15-11-14(6-7-16(15)24)30(27,28)23-8-4-5-9-23/h6-7,10-11,24H,3-5,8-9,12H2,1-2H3,(H,21,26)(H,22,25). The number of nitrogens with zero attached hydrogens (tertiary/aromatic N) is 1. The van der Waals surface area contributed by atoms with Crippen molar-refractivity contribution in [2.24, 2.45) is 0 Å². The first kappa shape index (κ1) is 22.3. The number of aromatic hydroxyl groups is 1.